The highest BCUT2D eigenvalue weighted by Gasteiger charge is 2.70. The largest absolute Gasteiger partial charge is 0.468 e. The average Bonchev–Trinajstić information content (AvgIpc) is 2.72. The van der Waals surface area contributed by atoms with Gasteiger partial charge in [0.15, 0.2) is 0 Å². The minimum atomic E-state index is -0.762. The number of carbonyl (C=O) groups is 1. The molecule has 2 rings (SSSR count). The van der Waals surface area contributed by atoms with Crippen LogP contribution in [0.3, 0.4) is 0 Å². The lowest BCUT2D eigenvalue weighted by molar-refractivity contribution is -0.145. The van der Waals surface area contributed by atoms with Crippen LogP contribution >= 0.6 is 0 Å². The molecule has 2 N–H and O–H groups in total. The Morgan fingerprint density at radius 2 is 2.38 bits per heavy atom. The van der Waals surface area contributed by atoms with Gasteiger partial charge in [-0.3, -0.25) is 4.79 Å². The molecule has 1 heterocycles. The standard InChI is InChI=1S/C9H15NO3/c1-12-7(11)9(10)5-8(9)3-2-4-13-6-8/h2-6,10H2,1H3/t8-,9-/m1/s1. The van der Waals surface area contributed by atoms with Gasteiger partial charge in [-0.25, -0.2) is 0 Å². The number of carbonyl (C=O) groups excluding carboxylic acids is 1. The third-order valence-corrected chi connectivity index (χ3v) is 3.31. The van der Waals surface area contributed by atoms with Gasteiger partial charge in [0.05, 0.1) is 13.7 Å². The first-order valence-electron chi connectivity index (χ1n) is 4.60. The predicted molar refractivity (Wildman–Crippen MR) is 46.0 cm³/mol. The van der Waals surface area contributed by atoms with Crippen LogP contribution in [0.1, 0.15) is 19.3 Å². The topological polar surface area (TPSA) is 61.5 Å². The van der Waals surface area contributed by atoms with E-state index in [1.54, 1.807) is 0 Å². The Morgan fingerprint density at radius 1 is 1.62 bits per heavy atom. The molecule has 1 aliphatic carbocycles. The zero-order valence-electron chi connectivity index (χ0n) is 7.84. The molecule has 13 heavy (non-hydrogen) atoms. The van der Waals surface area contributed by atoms with E-state index >= 15 is 0 Å². The summed E-state index contributed by atoms with van der Waals surface area (Å²) in [5, 5.41) is 0. The first kappa shape index (κ1) is 8.97. The van der Waals surface area contributed by atoms with Crippen LogP contribution in [-0.4, -0.2) is 31.8 Å². The van der Waals surface area contributed by atoms with Gasteiger partial charge in [0.1, 0.15) is 5.54 Å². The molecule has 2 atom stereocenters. The molecule has 1 saturated heterocycles. The van der Waals surface area contributed by atoms with E-state index in [1.165, 1.54) is 7.11 Å². The molecule has 1 saturated carbocycles. The Labute approximate surface area is 77.4 Å². The number of methoxy groups -OCH3 is 1. The molecule has 0 aromatic rings. The molecular formula is C9H15NO3. The summed E-state index contributed by atoms with van der Waals surface area (Å²) in [6.45, 7) is 1.40. The van der Waals surface area contributed by atoms with Crippen molar-refractivity contribution in [1.82, 2.24) is 0 Å². The average molecular weight is 185 g/mol. The second-order valence-corrected chi connectivity index (χ2v) is 4.08. The van der Waals surface area contributed by atoms with E-state index in [-0.39, 0.29) is 11.4 Å². The molecule has 74 valence electrons. The number of hydrogen-bond donors (Lipinski definition) is 1. The van der Waals surface area contributed by atoms with Gasteiger partial charge in [0, 0.05) is 12.0 Å². The third kappa shape index (κ3) is 1.09. The van der Waals surface area contributed by atoms with Crippen molar-refractivity contribution in [1.29, 1.82) is 0 Å². The second kappa shape index (κ2) is 2.69. The normalized spacial score (nSPS) is 43.2. The van der Waals surface area contributed by atoms with E-state index in [2.05, 4.69) is 4.74 Å². The molecule has 0 radical (unpaired) electrons. The summed E-state index contributed by atoms with van der Waals surface area (Å²) in [6, 6.07) is 0. The number of rotatable bonds is 1. The van der Waals surface area contributed by atoms with E-state index in [1.807, 2.05) is 0 Å². The van der Waals surface area contributed by atoms with Crippen molar-refractivity contribution in [2.75, 3.05) is 20.3 Å². The number of ether oxygens (including phenoxy) is 2. The first-order chi connectivity index (χ1) is 6.15. The van der Waals surface area contributed by atoms with E-state index in [0.717, 1.165) is 19.4 Å². The smallest absolute Gasteiger partial charge is 0.326 e. The van der Waals surface area contributed by atoms with Crippen LogP contribution in [0.25, 0.3) is 0 Å². The zero-order chi connectivity index (χ0) is 9.53. The molecule has 4 heteroatoms. The van der Waals surface area contributed by atoms with Gasteiger partial charge in [-0.15, -0.1) is 0 Å². The molecule has 0 amide bonds. The summed E-state index contributed by atoms with van der Waals surface area (Å²) < 4.78 is 10.0. The second-order valence-electron chi connectivity index (χ2n) is 4.08. The number of esters is 1. The molecule has 2 fully saturated rings. The summed E-state index contributed by atoms with van der Waals surface area (Å²) in [5.74, 6) is -0.294. The summed E-state index contributed by atoms with van der Waals surface area (Å²) in [6.07, 6.45) is 2.70. The minimum Gasteiger partial charge on any atom is -0.468 e. The van der Waals surface area contributed by atoms with Gasteiger partial charge in [0.25, 0.3) is 0 Å². The van der Waals surface area contributed by atoms with Crippen LogP contribution in [-0.2, 0) is 14.3 Å². The van der Waals surface area contributed by atoms with Crippen LogP contribution in [0, 0.1) is 5.41 Å². The van der Waals surface area contributed by atoms with E-state index in [9.17, 15) is 4.79 Å². The molecule has 4 nitrogen and oxygen atoms in total. The highest BCUT2D eigenvalue weighted by atomic mass is 16.5. The summed E-state index contributed by atoms with van der Waals surface area (Å²) in [7, 11) is 1.38. The fraction of sp³-hybridized carbons (Fsp3) is 0.889. The maximum absolute atomic E-state index is 11.4. The SMILES string of the molecule is COC(=O)[C@]1(N)C[C@@]12CCCOC2. The quantitative estimate of drug-likeness (QED) is 0.587. The summed E-state index contributed by atoms with van der Waals surface area (Å²) >= 11 is 0. The summed E-state index contributed by atoms with van der Waals surface area (Å²) in [5.41, 5.74) is 5.08. The van der Waals surface area contributed by atoms with Gasteiger partial charge in [-0.1, -0.05) is 0 Å². The van der Waals surface area contributed by atoms with Crippen molar-refractivity contribution in [3.05, 3.63) is 0 Å². The van der Waals surface area contributed by atoms with Crippen molar-refractivity contribution >= 4 is 5.97 Å². The van der Waals surface area contributed by atoms with E-state index < -0.39 is 5.54 Å². The molecule has 1 spiro atoms. The highest BCUT2D eigenvalue weighted by molar-refractivity contribution is 5.86. The Hall–Kier alpha value is -0.610. The predicted octanol–water partition coefficient (Wildman–Crippen LogP) is 0.0574. The lowest BCUT2D eigenvalue weighted by Crippen LogP contribution is -2.43. The van der Waals surface area contributed by atoms with Crippen molar-refractivity contribution in [3.63, 3.8) is 0 Å². The highest BCUT2D eigenvalue weighted by Crippen LogP contribution is 2.59. The van der Waals surface area contributed by atoms with E-state index in [0.29, 0.717) is 13.0 Å². The van der Waals surface area contributed by atoms with E-state index in [4.69, 9.17) is 10.5 Å². The zero-order valence-corrected chi connectivity index (χ0v) is 7.84. The lowest BCUT2D eigenvalue weighted by atomic mass is 9.93. The van der Waals surface area contributed by atoms with Crippen molar-refractivity contribution in [2.45, 2.75) is 24.8 Å². The van der Waals surface area contributed by atoms with Gasteiger partial charge in [0.2, 0.25) is 0 Å². The molecule has 0 bridgehead atoms. The fourth-order valence-electron chi connectivity index (χ4n) is 2.30. The minimum absolute atomic E-state index is 0.113. The Morgan fingerprint density at radius 3 is 2.92 bits per heavy atom. The van der Waals surface area contributed by atoms with Gasteiger partial charge in [-0.2, -0.15) is 0 Å². The first-order valence-corrected chi connectivity index (χ1v) is 4.60. The van der Waals surface area contributed by atoms with Crippen LogP contribution in [0.15, 0.2) is 0 Å². The van der Waals surface area contributed by atoms with Crippen molar-refractivity contribution < 1.29 is 14.3 Å². The molecule has 0 aromatic heterocycles. The Balaban J connectivity index is 2.09. The fourth-order valence-corrected chi connectivity index (χ4v) is 2.30. The number of nitrogens with two attached hydrogens (primary N) is 1. The molecule has 0 aromatic carbocycles. The number of hydrogen-bond acceptors (Lipinski definition) is 4. The van der Waals surface area contributed by atoms with Gasteiger partial charge >= 0.3 is 5.97 Å². The lowest BCUT2D eigenvalue weighted by Gasteiger charge is -2.25. The molecular weight excluding hydrogens is 170 g/mol. The molecule has 0 unspecified atom stereocenters. The van der Waals surface area contributed by atoms with Crippen LogP contribution in [0.5, 0.6) is 0 Å². The maximum atomic E-state index is 11.4. The van der Waals surface area contributed by atoms with Gasteiger partial charge < -0.3 is 15.2 Å². The van der Waals surface area contributed by atoms with Crippen LogP contribution in [0.4, 0.5) is 0 Å². The monoisotopic (exact) mass is 185 g/mol. The van der Waals surface area contributed by atoms with Crippen molar-refractivity contribution in [3.8, 4) is 0 Å². The van der Waals surface area contributed by atoms with Crippen LogP contribution in [0.2, 0.25) is 0 Å². The maximum Gasteiger partial charge on any atom is 0.326 e. The van der Waals surface area contributed by atoms with Crippen LogP contribution < -0.4 is 5.73 Å². The third-order valence-electron chi connectivity index (χ3n) is 3.31. The molecule has 2 aliphatic rings. The van der Waals surface area contributed by atoms with Gasteiger partial charge in [-0.05, 0) is 19.3 Å². The summed E-state index contributed by atoms with van der Waals surface area (Å²) in [4.78, 5) is 11.4. The Kier molecular flexibility index (Phi) is 1.85. The van der Waals surface area contributed by atoms with Crippen molar-refractivity contribution in [2.24, 2.45) is 11.1 Å². The molecule has 1 aliphatic heterocycles. The Bertz CT molecular complexity index is 235.